The Bertz CT molecular complexity index is 1020. The Morgan fingerprint density at radius 1 is 1.14 bits per heavy atom. The second-order valence-electron chi connectivity index (χ2n) is 7.65. The quantitative estimate of drug-likeness (QED) is 0.476. The lowest BCUT2D eigenvalue weighted by Crippen LogP contribution is -2.11. The van der Waals surface area contributed by atoms with Crippen molar-refractivity contribution >= 4 is 35.0 Å². The summed E-state index contributed by atoms with van der Waals surface area (Å²) >= 11 is 12.2. The molecule has 1 heterocycles. The average Bonchev–Trinajstić information content (AvgIpc) is 3.09. The van der Waals surface area contributed by atoms with Gasteiger partial charge in [-0.25, -0.2) is 4.79 Å². The van der Waals surface area contributed by atoms with Crippen molar-refractivity contribution in [2.24, 2.45) is 0 Å². The highest BCUT2D eigenvalue weighted by molar-refractivity contribution is 6.36. The molecule has 0 fully saturated rings. The molecule has 1 N–H and O–H groups in total. The third kappa shape index (κ3) is 4.74. The van der Waals surface area contributed by atoms with Gasteiger partial charge in [0, 0.05) is 17.1 Å². The zero-order valence-corrected chi connectivity index (χ0v) is 18.2. The molecule has 0 amide bonds. The van der Waals surface area contributed by atoms with Crippen LogP contribution in [0.3, 0.4) is 0 Å². The Morgan fingerprint density at radius 3 is 2.41 bits per heavy atom. The van der Waals surface area contributed by atoms with Crippen molar-refractivity contribution in [1.82, 2.24) is 5.16 Å². The van der Waals surface area contributed by atoms with E-state index >= 15 is 0 Å². The number of carbonyl (C=O) groups is 1. The van der Waals surface area contributed by atoms with Crippen LogP contribution in [0.25, 0.3) is 11.3 Å². The molecule has 5 nitrogen and oxygen atoms in total. The van der Waals surface area contributed by atoms with E-state index in [1.54, 1.807) is 18.2 Å². The second-order valence-corrected chi connectivity index (χ2v) is 8.50. The van der Waals surface area contributed by atoms with Gasteiger partial charge in [-0.15, -0.1) is 0 Å². The van der Waals surface area contributed by atoms with Crippen LogP contribution in [0.15, 0.2) is 47.0 Å². The van der Waals surface area contributed by atoms with Crippen LogP contribution < -0.4 is 5.32 Å². The molecule has 0 radical (unpaired) electrons. The maximum absolute atomic E-state index is 12.4. The molecule has 0 bridgehead atoms. The Morgan fingerprint density at radius 2 is 1.83 bits per heavy atom. The number of hydrogen-bond acceptors (Lipinski definition) is 5. The first kappa shape index (κ1) is 21.2. The first-order chi connectivity index (χ1) is 13.7. The van der Waals surface area contributed by atoms with Gasteiger partial charge in [-0.1, -0.05) is 73.4 Å². The lowest BCUT2D eigenvalue weighted by molar-refractivity contribution is 0.0602. The number of aromatic nitrogens is 1. The number of esters is 1. The summed E-state index contributed by atoms with van der Waals surface area (Å²) in [4.78, 5) is 12.4. The Labute approximate surface area is 179 Å². The van der Waals surface area contributed by atoms with Crippen molar-refractivity contribution in [3.8, 4) is 11.3 Å². The third-order valence-corrected chi connectivity index (χ3v) is 5.09. The van der Waals surface area contributed by atoms with E-state index in [9.17, 15) is 4.79 Å². The number of nitrogens with one attached hydrogen (secondary N) is 1. The number of rotatable bonds is 5. The van der Waals surface area contributed by atoms with Crippen molar-refractivity contribution in [2.45, 2.75) is 32.7 Å². The highest BCUT2D eigenvalue weighted by Crippen LogP contribution is 2.36. The molecule has 2 aromatic carbocycles. The Hall–Kier alpha value is -2.50. The van der Waals surface area contributed by atoms with Gasteiger partial charge in [0.1, 0.15) is 0 Å². The SMILES string of the molecule is COC(=O)c1c(NCc2ccc(C(C)(C)C)cc2)noc1-c1ccc(Cl)cc1Cl. The van der Waals surface area contributed by atoms with Gasteiger partial charge < -0.3 is 14.6 Å². The summed E-state index contributed by atoms with van der Waals surface area (Å²) in [6, 6.07) is 13.2. The molecule has 0 aliphatic carbocycles. The van der Waals surface area contributed by atoms with E-state index in [1.165, 1.54) is 12.7 Å². The molecular weight excluding hydrogens is 411 g/mol. The zero-order valence-electron chi connectivity index (χ0n) is 16.7. The largest absolute Gasteiger partial charge is 0.465 e. The van der Waals surface area contributed by atoms with Gasteiger partial charge in [-0.3, -0.25) is 0 Å². The van der Waals surface area contributed by atoms with Gasteiger partial charge in [0.25, 0.3) is 0 Å². The van der Waals surface area contributed by atoms with Crippen LogP contribution in [0.1, 0.15) is 42.3 Å². The van der Waals surface area contributed by atoms with Gasteiger partial charge in [0.15, 0.2) is 17.1 Å². The Balaban J connectivity index is 1.88. The molecule has 0 spiro atoms. The van der Waals surface area contributed by atoms with Crippen molar-refractivity contribution < 1.29 is 14.1 Å². The number of anilines is 1. The summed E-state index contributed by atoms with van der Waals surface area (Å²) in [6.45, 7) is 6.97. The van der Waals surface area contributed by atoms with Crippen LogP contribution in [-0.2, 0) is 16.7 Å². The monoisotopic (exact) mass is 432 g/mol. The average molecular weight is 433 g/mol. The predicted octanol–water partition coefficient (Wildman–Crippen LogP) is 6.34. The molecule has 152 valence electrons. The first-order valence-corrected chi connectivity index (χ1v) is 9.83. The smallest absolute Gasteiger partial charge is 0.345 e. The second kappa shape index (κ2) is 8.47. The summed E-state index contributed by atoms with van der Waals surface area (Å²) in [5.41, 5.74) is 3.07. The molecule has 29 heavy (non-hydrogen) atoms. The van der Waals surface area contributed by atoms with E-state index < -0.39 is 5.97 Å². The topological polar surface area (TPSA) is 64.4 Å². The maximum Gasteiger partial charge on any atom is 0.345 e. The van der Waals surface area contributed by atoms with Crippen molar-refractivity contribution in [3.05, 3.63) is 69.2 Å². The number of nitrogens with zero attached hydrogens (tertiary/aromatic N) is 1. The van der Waals surface area contributed by atoms with Crippen LogP contribution in [-0.4, -0.2) is 18.2 Å². The number of carbonyl (C=O) groups excluding carboxylic acids is 1. The fraction of sp³-hybridized carbons (Fsp3) is 0.273. The number of methoxy groups -OCH3 is 1. The zero-order chi connectivity index (χ0) is 21.2. The van der Waals surface area contributed by atoms with Gasteiger partial charge in [-0.2, -0.15) is 0 Å². The maximum atomic E-state index is 12.4. The molecule has 7 heteroatoms. The minimum Gasteiger partial charge on any atom is -0.465 e. The van der Waals surface area contributed by atoms with Gasteiger partial charge in [0.2, 0.25) is 0 Å². The van der Waals surface area contributed by atoms with Crippen molar-refractivity contribution in [1.29, 1.82) is 0 Å². The predicted molar refractivity (Wildman–Crippen MR) is 116 cm³/mol. The first-order valence-electron chi connectivity index (χ1n) is 9.07. The highest BCUT2D eigenvalue weighted by Gasteiger charge is 2.26. The van der Waals surface area contributed by atoms with Crippen LogP contribution in [0.2, 0.25) is 10.0 Å². The molecule has 0 aliphatic heterocycles. The van der Waals surface area contributed by atoms with Gasteiger partial charge in [-0.05, 0) is 34.7 Å². The van der Waals surface area contributed by atoms with Crippen LogP contribution in [0, 0.1) is 0 Å². The fourth-order valence-corrected chi connectivity index (χ4v) is 3.36. The van der Waals surface area contributed by atoms with E-state index in [4.69, 9.17) is 32.5 Å². The molecule has 1 aromatic heterocycles. The fourth-order valence-electron chi connectivity index (χ4n) is 2.87. The molecular formula is C22H22Cl2N2O3. The van der Waals surface area contributed by atoms with Crippen LogP contribution in [0.4, 0.5) is 5.82 Å². The minimum atomic E-state index is -0.571. The lowest BCUT2D eigenvalue weighted by Gasteiger charge is -2.19. The van der Waals surface area contributed by atoms with Crippen molar-refractivity contribution in [2.75, 3.05) is 12.4 Å². The van der Waals surface area contributed by atoms with E-state index in [-0.39, 0.29) is 22.6 Å². The third-order valence-electron chi connectivity index (χ3n) is 4.54. The van der Waals surface area contributed by atoms with E-state index in [1.807, 2.05) is 12.1 Å². The van der Waals surface area contributed by atoms with Gasteiger partial charge >= 0.3 is 5.97 Å². The number of benzene rings is 2. The van der Waals surface area contributed by atoms with E-state index in [0.29, 0.717) is 22.2 Å². The molecule has 0 aliphatic rings. The van der Waals surface area contributed by atoms with Gasteiger partial charge in [0.05, 0.1) is 12.1 Å². The number of hydrogen-bond donors (Lipinski definition) is 1. The molecule has 3 aromatic rings. The molecule has 0 saturated carbocycles. The number of halogens is 2. The van der Waals surface area contributed by atoms with Crippen LogP contribution in [0.5, 0.6) is 0 Å². The molecule has 3 rings (SSSR count). The van der Waals surface area contributed by atoms with Crippen molar-refractivity contribution in [3.63, 3.8) is 0 Å². The lowest BCUT2D eigenvalue weighted by atomic mass is 9.87. The summed E-state index contributed by atoms with van der Waals surface area (Å²) < 4.78 is 10.4. The summed E-state index contributed by atoms with van der Waals surface area (Å²) in [5, 5.41) is 8.00. The standard InChI is InChI=1S/C22H22Cl2N2O3/c1-22(2,3)14-7-5-13(6-8-14)12-25-20-18(21(27)28-4)19(29-26-20)16-10-9-15(23)11-17(16)24/h5-11H,12H2,1-4H3,(H,25,26). The van der Waals surface area contributed by atoms with E-state index in [0.717, 1.165) is 5.56 Å². The highest BCUT2D eigenvalue weighted by atomic mass is 35.5. The molecule has 0 atom stereocenters. The van der Waals surface area contributed by atoms with Crippen LogP contribution >= 0.6 is 23.2 Å². The summed E-state index contributed by atoms with van der Waals surface area (Å²) in [7, 11) is 1.30. The summed E-state index contributed by atoms with van der Waals surface area (Å²) in [6.07, 6.45) is 0. The molecule has 0 unspecified atom stereocenters. The number of ether oxygens (including phenoxy) is 1. The van der Waals surface area contributed by atoms with E-state index in [2.05, 4.69) is 43.4 Å². The Kier molecular flexibility index (Phi) is 6.20. The molecule has 0 saturated heterocycles. The minimum absolute atomic E-state index is 0.0862. The normalized spacial score (nSPS) is 11.4. The summed E-state index contributed by atoms with van der Waals surface area (Å²) in [5.74, 6) is -0.0558.